The van der Waals surface area contributed by atoms with Gasteiger partial charge < -0.3 is 14.8 Å². The smallest absolute Gasteiger partial charge is 0.260 e. The van der Waals surface area contributed by atoms with Crippen LogP contribution in [0.25, 0.3) is 16.9 Å². The average molecular weight is 389 g/mol. The molecule has 0 aliphatic heterocycles. The van der Waals surface area contributed by atoms with Crippen molar-refractivity contribution in [3.8, 4) is 17.3 Å². The number of ether oxygens (including phenoxy) is 2. The van der Waals surface area contributed by atoms with Crippen LogP contribution < -0.4 is 14.8 Å². The molecule has 1 N–H and O–H groups in total. The molecule has 8 heteroatoms. The summed E-state index contributed by atoms with van der Waals surface area (Å²) in [4.78, 5) is 25.8. The number of carbonyl (C=O) groups excluding carboxylic acids is 1. The molecule has 0 atom stereocenters. The lowest BCUT2D eigenvalue weighted by Gasteiger charge is -2.09. The van der Waals surface area contributed by atoms with Crippen LogP contribution in [0.5, 0.6) is 11.5 Å². The Morgan fingerprint density at radius 3 is 2.59 bits per heavy atom. The van der Waals surface area contributed by atoms with E-state index < -0.39 is 0 Å². The van der Waals surface area contributed by atoms with Crippen LogP contribution in [0.3, 0.4) is 0 Å². The maximum atomic E-state index is 12.5. The van der Waals surface area contributed by atoms with Crippen LogP contribution in [0, 0.1) is 6.92 Å². The van der Waals surface area contributed by atoms with Crippen LogP contribution in [-0.4, -0.2) is 39.6 Å². The number of rotatable bonds is 5. The fourth-order valence-corrected chi connectivity index (χ4v) is 3.11. The van der Waals surface area contributed by atoms with Gasteiger partial charge in [-0.15, -0.1) is 0 Å². The van der Waals surface area contributed by atoms with Crippen LogP contribution in [0.2, 0.25) is 0 Å². The van der Waals surface area contributed by atoms with E-state index in [0.717, 1.165) is 22.6 Å². The number of fused-ring (bicyclic) bond motifs is 1. The molecule has 4 rings (SSSR count). The number of hydrogen-bond donors (Lipinski definition) is 1. The van der Waals surface area contributed by atoms with Crippen LogP contribution in [0.1, 0.15) is 16.2 Å². The second kappa shape index (κ2) is 7.59. The monoisotopic (exact) mass is 389 g/mol. The lowest BCUT2D eigenvalue weighted by molar-refractivity contribution is 0.102. The number of imidazole rings is 1. The molecule has 0 radical (unpaired) electrons. The standard InChI is InChI=1S/C21H19N5O3/c1-13-24-16-10-14(28-2)8-9-17(16)26(13)20-12-22-19(11-23-20)25-21(27)15-6-4-5-7-18(15)29-3/h4-12H,1-3H3,(H,22,25,27). The second-order valence-corrected chi connectivity index (χ2v) is 6.26. The quantitative estimate of drug-likeness (QED) is 0.563. The van der Waals surface area contributed by atoms with Crippen molar-refractivity contribution in [2.75, 3.05) is 19.5 Å². The predicted molar refractivity (Wildman–Crippen MR) is 109 cm³/mol. The van der Waals surface area contributed by atoms with Gasteiger partial charge in [0.1, 0.15) is 17.3 Å². The molecule has 29 heavy (non-hydrogen) atoms. The van der Waals surface area contributed by atoms with E-state index in [0.29, 0.717) is 22.9 Å². The molecule has 0 saturated carbocycles. The third-order valence-electron chi connectivity index (χ3n) is 4.49. The van der Waals surface area contributed by atoms with Gasteiger partial charge in [0.25, 0.3) is 5.91 Å². The first-order valence-electron chi connectivity index (χ1n) is 8.90. The maximum Gasteiger partial charge on any atom is 0.260 e. The Labute approximate surface area is 167 Å². The summed E-state index contributed by atoms with van der Waals surface area (Å²) in [6.45, 7) is 1.89. The third-order valence-corrected chi connectivity index (χ3v) is 4.49. The summed E-state index contributed by atoms with van der Waals surface area (Å²) in [7, 11) is 3.14. The highest BCUT2D eigenvalue weighted by molar-refractivity contribution is 6.05. The van der Waals surface area contributed by atoms with Gasteiger partial charge in [-0.2, -0.15) is 0 Å². The average Bonchev–Trinajstić information content (AvgIpc) is 3.09. The number of nitrogens with zero attached hydrogens (tertiary/aromatic N) is 4. The number of amides is 1. The zero-order chi connectivity index (χ0) is 20.4. The minimum Gasteiger partial charge on any atom is -0.497 e. The van der Waals surface area contributed by atoms with Crippen LogP contribution >= 0.6 is 0 Å². The van der Waals surface area contributed by atoms with Gasteiger partial charge in [-0.1, -0.05) is 12.1 Å². The molecule has 0 fully saturated rings. The molecular weight excluding hydrogens is 370 g/mol. The molecule has 1 amide bonds. The largest absolute Gasteiger partial charge is 0.497 e. The van der Waals surface area contributed by atoms with Gasteiger partial charge >= 0.3 is 0 Å². The van der Waals surface area contributed by atoms with Crippen molar-refractivity contribution in [3.05, 3.63) is 66.2 Å². The summed E-state index contributed by atoms with van der Waals surface area (Å²) in [6, 6.07) is 12.7. The van der Waals surface area contributed by atoms with E-state index >= 15 is 0 Å². The van der Waals surface area contributed by atoms with Gasteiger partial charge in [-0.25, -0.2) is 15.0 Å². The fraction of sp³-hybridized carbons (Fsp3) is 0.143. The molecule has 0 saturated heterocycles. The second-order valence-electron chi connectivity index (χ2n) is 6.26. The highest BCUT2D eigenvalue weighted by Crippen LogP contribution is 2.24. The summed E-state index contributed by atoms with van der Waals surface area (Å²) in [6.07, 6.45) is 3.10. The normalized spacial score (nSPS) is 10.7. The summed E-state index contributed by atoms with van der Waals surface area (Å²) in [5.74, 6) is 2.63. The Morgan fingerprint density at radius 2 is 1.86 bits per heavy atom. The number of aryl methyl sites for hydroxylation is 1. The molecular formula is C21H19N5O3. The Balaban J connectivity index is 1.61. The topological polar surface area (TPSA) is 91.2 Å². The van der Waals surface area contributed by atoms with E-state index in [-0.39, 0.29) is 5.91 Å². The SMILES string of the molecule is COc1ccc2c(c1)nc(C)n2-c1cnc(NC(=O)c2ccccc2OC)cn1. The van der Waals surface area contributed by atoms with Crippen LogP contribution in [0.15, 0.2) is 54.9 Å². The van der Waals surface area contributed by atoms with Crippen molar-refractivity contribution in [1.82, 2.24) is 19.5 Å². The number of anilines is 1. The van der Waals surface area contributed by atoms with E-state index in [9.17, 15) is 4.79 Å². The maximum absolute atomic E-state index is 12.5. The number of para-hydroxylation sites is 1. The van der Waals surface area contributed by atoms with Crippen LogP contribution in [0.4, 0.5) is 5.82 Å². The summed E-state index contributed by atoms with van der Waals surface area (Å²) in [5, 5.41) is 2.74. The summed E-state index contributed by atoms with van der Waals surface area (Å²) < 4.78 is 12.4. The van der Waals surface area contributed by atoms with Crippen molar-refractivity contribution in [3.63, 3.8) is 0 Å². The van der Waals surface area contributed by atoms with E-state index in [2.05, 4.69) is 20.3 Å². The van der Waals surface area contributed by atoms with Crippen LogP contribution in [-0.2, 0) is 0 Å². The first kappa shape index (κ1) is 18.4. The number of methoxy groups -OCH3 is 2. The number of aromatic nitrogens is 4. The van der Waals surface area contributed by atoms with E-state index in [1.54, 1.807) is 37.6 Å². The highest BCUT2D eigenvalue weighted by Gasteiger charge is 2.14. The number of carbonyl (C=O) groups is 1. The Kier molecular flexibility index (Phi) is 4.82. The zero-order valence-electron chi connectivity index (χ0n) is 16.2. The molecule has 8 nitrogen and oxygen atoms in total. The highest BCUT2D eigenvalue weighted by atomic mass is 16.5. The molecule has 2 aromatic carbocycles. The van der Waals surface area contributed by atoms with Gasteiger partial charge in [0.15, 0.2) is 11.6 Å². The van der Waals surface area contributed by atoms with Gasteiger partial charge in [0.2, 0.25) is 0 Å². The minimum atomic E-state index is -0.319. The first-order chi connectivity index (χ1) is 14.1. The van der Waals surface area contributed by atoms with Crippen molar-refractivity contribution in [1.29, 1.82) is 0 Å². The van der Waals surface area contributed by atoms with Gasteiger partial charge in [0, 0.05) is 6.07 Å². The lowest BCUT2D eigenvalue weighted by atomic mass is 10.2. The molecule has 0 bridgehead atoms. The van der Waals surface area contributed by atoms with Gasteiger partial charge in [-0.3, -0.25) is 9.36 Å². The van der Waals surface area contributed by atoms with Gasteiger partial charge in [0.05, 0.1) is 43.2 Å². The van der Waals surface area contributed by atoms with E-state index in [4.69, 9.17) is 9.47 Å². The van der Waals surface area contributed by atoms with E-state index in [1.807, 2.05) is 29.7 Å². The first-order valence-corrected chi connectivity index (χ1v) is 8.90. The zero-order valence-corrected chi connectivity index (χ0v) is 16.2. The van der Waals surface area contributed by atoms with Crippen molar-refractivity contribution < 1.29 is 14.3 Å². The van der Waals surface area contributed by atoms with Crippen molar-refractivity contribution in [2.45, 2.75) is 6.92 Å². The van der Waals surface area contributed by atoms with Crippen molar-refractivity contribution >= 4 is 22.8 Å². The molecule has 0 unspecified atom stereocenters. The predicted octanol–water partition coefficient (Wildman–Crippen LogP) is 3.39. The molecule has 146 valence electrons. The molecule has 0 aliphatic rings. The molecule has 2 aromatic heterocycles. The molecule has 0 spiro atoms. The number of benzene rings is 2. The molecule has 4 aromatic rings. The Bertz CT molecular complexity index is 1180. The van der Waals surface area contributed by atoms with Gasteiger partial charge in [-0.05, 0) is 31.2 Å². The summed E-state index contributed by atoms with van der Waals surface area (Å²) in [5.41, 5.74) is 2.12. The minimum absolute atomic E-state index is 0.319. The van der Waals surface area contributed by atoms with E-state index in [1.165, 1.54) is 13.3 Å². The number of hydrogen-bond acceptors (Lipinski definition) is 6. The van der Waals surface area contributed by atoms with Crippen molar-refractivity contribution in [2.24, 2.45) is 0 Å². The fourth-order valence-electron chi connectivity index (χ4n) is 3.11. The summed E-state index contributed by atoms with van der Waals surface area (Å²) >= 11 is 0. The Hall–Kier alpha value is -3.94. The lowest BCUT2D eigenvalue weighted by Crippen LogP contribution is -2.14. The third kappa shape index (κ3) is 3.47. The molecule has 2 heterocycles. The number of nitrogens with one attached hydrogen (secondary N) is 1. The molecule has 0 aliphatic carbocycles. The Morgan fingerprint density at radius 1 is 1.03 bits per heavy atom.